The molecule has 3 nitrogen and oxygen atoms in total. The van der Waals surface area contributed by atoms with Gasteiger partial charge in [-0.05, 0) is 42.0 Å². The van der Waals surface area contributed by atoms with Crippen LogP contribution in [0.15, 0.2) is 16.7 Å². The molecule has 1 aromatic heterocycles. The third-order valence-corrected chi connectivity index (χ3v) is 2.97. The summed E-state index contributed by atoms with van der Waals surface area (Å²) >= 11 is 3.38. The number of hydrogen-bond donors (Lipinski definition) is 0. The van der Waals surface area contributed by atoms with Gasteiger partial charge in [-0.3, -0.25) is 0 Å². The highest BCUT2D eigenvalue weighted by Crippen LogP contribution is 2.18. The van der Waals surface area contributed by atoms with E-state index in [0.717, 1.165) is 35.6 Å². The summed E-state index contributed by atoms with van der Waals surface area (Å²) < 4.78 is 6.64. The second-order valence-electron chi connectivity index (χ2n) is 3.65. The lowest BCUT2D eigenvalue weighted by molar-refractivity contribution is 0.217. The molecule has 0 atom stereocenters. The standard InChI is InChI=1S/C12H19BrN2O/c1-4-15(5-2)6-7-16-12-10(3)8-11(13)9-14-12/h8-9H,4-7H2,1-3H3. The Hall–Kier alpha value is -0.610. The molecular formula is C12H19BrN2O. The second kappa shape index (κ2) is 6.86. The molecule has 1 heterocycles. The fourth-order valence-electron chi connectivity index (χ4n) is 1.49. The predicted octanol–water partition coefficient (Wildman–Crippen LogP) is 2.87. The highest BCUT2D eigenvalue weighted by molar-refractivity contribution is 9.10. The summed E-state index contributed by atoms with van der Waals surface area (Å²) in [6.07, 6.45) is 1.76. The maximum Gasteiger partial charge on any atom is 0.216 e. The van der Waals surface area contributed by atoms with E-state index in [-0.39, 0.29) is 0 Å². The van der Waals surface area contributed by atoms with Crippen LogP contribution in [0.4, 0.5) is 0 Å². The van der Waals surface area contributed by atoms with Crippen LogP contribution in [0.25, 0.3) is 0 Å². The van der Waals surface area contributed by atoms with Crippen LogP contribution in [0.1, 0.15) is 19.4 Å². The van der Waals surface area contributed by atoms with Gasteiger partial charge >= 0.3 is 0 Å². The number of halogens is 1. The first-order valence-corrected chi connectivity index (χ1v) is 6.44. The van der Waals surface area contributed by atoms with Crippen molar-refractivity contribution in [2.24, 2.45) is 0 Å². The van der Waals surface area contributed by atoms with E-state index in [1.165, 1.54) is 0 Å². The maximum absolute atomic E-state index is 5.65. The van der Waals surface area contributed by atoms with Crippen molar-refractivity contribution < 1.29 is 4.74 Å². The van der Waals surface area contributed by atoms with Crippen molar-refractivity contribution in [1.29, 1.82) is 0 Å². The van der Waals surface area contributed by atoms with Crippen molar-refractivity contribution in [3.63, 3.8) is 0 Å². The van der Waals surface area contributed by atoms with Gasteiger partial charge in [0, 0.05) is 22.8 Å². The fraction of sp³-hybridized carbons (Fsp3) is 0.583. The molecule has 0 aliphatic rings. The summed E-state index contributed by atoms with van der Waals surface area (Å²) in [5.74, 6) is 0.732. The van der Waals surface area contributed by atoms with Gasteiger partial charge in [0.25, 0.3) is 0 Å². The van der Waals surface area contributed by atoms with Gasteiger partial charge in [-0.25, -0.2) is 4.98 Å². The van der Waals surface area contributed by atoms with Crippen molar-refractivity contribution in [1.82, 2.24) is 9.88 Å². The summed E-state index contributed by atoms with van der Waals surface area (Å²) in [4.78, 5) is 6.57. The number of pyridine rings is 1. The number of nitrogens with zero attached hydrogens (tertiary/aromatic N) is 2. The monoisotopic (exact) mass is 286 g/mol. The lowest BCUT2D eigenvalue weighted by atomic mass is 10.3. The number of aromatic nitrogens is 1. The van der Waals surface area contributed by atoms with Crippen LogP contribution in [0, 0.1) is 6.92 Å². The molecule has 0 spiro atoms. The van der Waals surface area contributed by atoms with Gasteiger partial charge in [-0.15, -0.1) is 0 Å². The SMILES string of the molecule is CCN(CC)CCOc1ncc(Br)cc1C. The first kappa shape index (κ1) is 13.5. The second-order valence-corrected chi connectivity index (χ2v) is 4.57. The van der Waals surface area contributed by atoms with Crippen LogP contribution in [0.2, 0.25) is 0 Å². The molecule has 0 bridgehead atoms. The lowest BCUT2D eigenvalue weighted by Crippen LogP contribution is -2.28. The molecule has 0 fully saturated rings. The normalized spacial score (nSPS) is 10.8. The average Bonchev–Trinajstić information content (AvgIpc) is 2.27. The van der Waals surface area contributed by atoms with Crippen molar-refractivity contribution in [2.75, 3.05) is 26.2 Å². The Morgan fingerprint density at radius 2 is 2.06 bits per heavy atom. The zero-order valence-corrected chi connectivity index (χ0v) is 11.7. The Bertz CT molecular complexity index is 327. The Kier molecular flexibility index (Phi) is 5.77. The van der Waals surface area contributed by atoms with Crippen LogP contribution in [-0.4, -0.2) is 36.1 Å². The van der Waals surface area contributed by atoms with Crippen LogP contribution >= 0.6 is 15.9 Å². The molecule has 1 rings (SSSR count). The Morgan fingerprint density at radius 3 is 2.62 bits per heavy atom. The van der Waals surface area contributed by atoms with Crippen LogP contribution < -0.4 is 4.74 Å². The van der Waals surface area contributed by atoms with E-state index in [0.29, 0.717) is 6.61 Å². The molecule has 0 N–H and O–H groups in total. The van der Waals surface area contributed by atoms with Crippen LogP contribution in [-0.2, 0) is 0 Å². The van der Waals surface area contributed by atoms with Crippen molar-refractivity contribution in [2.45, 2.75) is 20.8 Å². The van der Waals surface area contributed by atoms with Crippen LogP contribution in [0.5, 0.6) is 5.88 Å². The van der Waals surface area contributed by atoms with E-state index in [1.54, 1.807) is 6.20 Å². The van der Waals surface area contributed by atoms with E-state index >= 15 is 0 Å². The molecule has 0 saturated carbocycles. The molecule has 0 aliphatic heterocycles. The smallest absolute Gasteiger partial charge is 0.216 e. The molecule has 0 unspecified atom stereocenters. The Balaban J connectivity index is 2.42. The Labute approximate surface area is 106 Å². The van der Waals surface area contributed by atoms with Gasteiger partial charge in [0.2, 0.25) is 5.88 Å². The van der Waals surface area contributed by atoms with E-state index in [9.17, 15) is 0 Å². The molecule has 16 heavy (non-hydrogen) atoms. The highest BCUT2D eigenvalue weighted by atomic mass is 79.9. The zero-order valence-electron chi connectivity index (χ0n) is 10.2. The van der Waals surface area contributed by atoms with Gasteiger partial charge < -0.3 is 9.64 Å². The molecule has 0 aliphatic carbocycles. The first-order valence-electron chi connectivity index (χ1n) is 5.64. The van der Waals surface area contributed by atoms with Gasteiger partial charge in [-0.1, -0.05) is 13.8 Å². The third-order valence-electron chi connectivity index (χ3n) is 2.54. The highest BCUT2D eigenvalue weighted by Gasteiger charge is 2.03. The third kappa shape index (κ3) is 4.10. The Morgan fingerprint density at radius 1 is 1.38 bits per heavy atom. The van der Waals surface area contributed by atoms with Crippen molar-refractivity contribution in [3.8, 4) is 5.88 Å². The van der Waals surface area contributed by atoms with E-state index in [1.807, 2.05) is 13.0 Å². The molecule has 1 aromatic rings. The zero-order chi connectivity index (χ0) is 12.0. The quantitative estimate of drug-likeness (QED) is 0.804. The minimum atomic E-state index is 0.692. The van der Waals surface area contributed by atoms with Crippen molar-refractivity contribution >= 4 is 15.9 Å². The molecular weight excluding hydrogens is 268 g/mol. The molecule has 0 amide bonds. The lowest BCUT2D eigenvalue weighted by Gasteiger charge is -2.18. The van der Waals surface area contributed by atoms with Gasteiger partial charge in [0.15, 0.2) is 0 Å². The number of hydrogen-bond acceptors (Lipinski definition) is 3. The summed E-state index contributed by atoms with van der Waals surface area (Å²) in [6, 6.07) is 2.01. The maximum atomic E-state index is 5.65. The van der Waals surface area contributed by atoms with Gasteiger partial charge in [-0.2, -0.15) is 0 Å². The minimum absolute atomic E-state index is 0.692. The molecule has 0 aromatic carbocycles. The summed E-state index contributed by atoms with van der Waals surface area (Å²) in [5, 5.41) is 0. The molecule has 4 heteroatoms. The average molecular weight is 287 g/mol. The van der Waals surface area contributed by atoms with Gasteiger partial charge in [0.05, 0.1) is 0 Å². The molecule has 0 radical (unpaired) electrons. The van der Waals surface area contributed by atoms with Gasteiger partial charge in [0.1, 0.15) is 6.61 Å². The van der Waals surface area contributed by atoms with E-state index < -0.39 is 0 Å². The number of aryl methyl sites for hydroxylation is 1. The largest absolute Gasteiger partial charge is 0.476 e. The molecule has 0 saturated heterocycles. The van der Waals surface area contributed by atoms with Crippen LogP contribution in [0.3, 0.4) is 0 Å². The summed E-state index contributed by atoms with van der Waals surface area (Å²) in [5.41, 5.74) is 1.06. The molecule has 90 valence electrons. The number of ether oxygens (including phenoxy) is 1. The van der Waals surface area contributed by atoms with Crippen molar-refractivity contribution in [3.05, 3.63) is 22.3 Å². The number of rotatable bonds is 6. The summed E-state index contributed by atoms with van der Waals surface area (Å²) in [7, 11) is 0. The van der Waals surface area contributed by atoms with E-state index in [2.05, 4.69) is 39.7 Å². The number of likely N-dealkylation sites (N-methyl/N-ethyl adjacent to an activating group) is 1. The predicted molar refractivity (Wildman–Crippen MR) is 70.0 cm³/mol. The fourth-order valence-corrected chi connectivity index (χ4v) is 1.94. The minimum Gasteiger partial charge on any atom is -0.476 e. The first-order chi connectivity index (χ1) is 7.67. The topological polar surface area (TPSA) is 25.4 Å². The summed E-state index contributed by atoms with van der Waals surface area (Å²) in [6.45, 7) is 10.1. The van der Waals surface area contributed by atoms with E-state index in [4.69, 9.17) is 4.74 Å².